The van der Waals surface area contributed by atoms with Crippen LogP contribution in [0.4, 0.5) is 5.69 Å². The normalized spacial score (nSPS) is 15.8. The Hall–Kier alpha value is -2.31. The summed E-state index contributed by atoms with van der Waals surface area (Å²) in [5.74, 6) is 1.20. The van der Waals surface area contributed by atoms with E-state index in [1.807, 2.05) is 61.5 Å². The lowest BCUT2D eigenvalue weighted by Gasteiger charge is -2.13. The number of thiocarbonyl (C=S) groups is 1. The van der Waals surface area contributed by atoms with Gasteiger partial charge < -0.3 is 9.47 Å². The first-order chi connectivity index (χ1) is 12.1. The number of hydrogen-bond acceptors (Lipinski definition) is 5. The number of nitrogens with zero attached hydrogens (tertiary/aromatic N) is 1. The number of benzene rings is 2. The molecule has 0 radical (unpaired) electrons. The van der Waals surface area contributed by atoms with E-state index in [1.165, 1.54) is 11.8 Å². The SMILES string of the molecule is CCOc1ccc(C=C2SC(=S)N(c3ccccc3)C2=O)cc1OC. The number of anilines is 1. The molecule has 6 heteroatoms. The van der Waals surface area contributed by atoms with Crippen LogP contribution in [0.5, 0.6) is 11.5 Å². The van der Waals surface area contributed by atoms with Crippen molar-refractivity contribution in [1.29, 1.82) is 0 Å². The molecule has 0 bridgehead atoms. The van der Waals surface area contributed by atoms with Crippen LogP contribution < -0.4 is 14.4 Å². The zero-order valence-corrected chi connectivity index (χ0v) is 15.5. The van der Waals surface area contributed by atoms with Gasteiger partial charge in [0.25, 0.3) is 5.91 Å². The van der Waals surface area contributed by atoms with Gasteiger partial charge in [0.15, 0.2) is 15.8 Å². The average molecular weight is 371 g/mol. The molecule has 1 aliphatic heterocycles. The summed E-state index contributed by atoms with van der Waals surface area (Å²) >= 11 is 6.68. The van der Waals surface area contributed by atoms with E-state index in [2.05, 4.69) is 0 Å². The fraction of sp³-hybridized carbons (Fsp3) is 0.158. The van der Waals surface area contributed by atoms with Crippen LogP contribution in [0.1, 0.15) is 12.5 Å². The topological polar surface area (TPSA) is 38.8 Å². The molecule has 0 spiro atoms. The molecule has 4 nitrogen and oxygen atoms in total. The molecular formula is C19H17NO3S2. The van der Waals surface area contributed by atoms with Crippen LogP contribution in [0.2, 0.25) is 0 Å². The first-order valence-electron chi connectivity index (χ1n) is 7.78. The molecule has 128 valence electrons. The third kappa shape index (κ3) is 3.70. The molecule has 0 atom stereocenters. The van der Waals surface area contributed by atoms with Gasteiger partial charge in [0.1, 0.15) is 0 Å². The van der Waals surface area contributed by atoms with Crippen molar-refractivity contribution in [2.75, 3.05) is 18.6 Å². The number of hydrogen-bond donors (Lipinski definition) is 0. The molecule has 1 amide bonds. The van der Waals surface area contributed by atoms with E-state index in [1.54, 1.807) is 12.0 Å². The minimum absolute atomic E-state index is 0.117. The van der Waals surface area contributed by atoms with Gasteiger partial charge >= 0.3 is 0 Å². The van der Waals surface area contributed by atoms with E-state index in [0.29, 0.717) is 27.3 Å². The fourth-order valence-electron chi connectivity index (χ4n) is 2.47. The number of rotatable bonds is 5. The number of carbonyl (C=O) groups is 1. The highest BCUT2D eigenvalue weighted by atomic mass is 32.2. The Morgan fingerprint density at radius 3 is 2.60 bits per heavy atom. The number of thioether (sulfide) groups is 1. The maximum Gasteiger partial charge on any atom is 0.270 e. The number of methoxy groups -OCH3 is 1. The van der Waals surface area contributed by atoms with Crippen molar-refractivity contribution in [2.24, 2.45) is 0 Å². The van der Waals surface area contributed by atoms with Gasteiger partial charge in [-0.3, -0.25) is 9.69 Å². The van der Waals surface area contributed by atoms with Gasteiger partial charge in [-0.15, -0.1) is 0 Å². The standard InChI is InChI=1S/C19H17NO3S2/c1-3-23-15-10-9-13(11-16(15)22-2)12-17-18(21)20(19(24)25-17)14-7-5-4-6-8-14/h4-12H,3H2,1-2H3. The van der Waals surface area contributed by atoms with Gasteiger partial charge in [0.05, 0.1) is 24.3 Å². The van der Waals surface area contributed by atoms with Crippen molar-refractivity contribution in [1.82, 2.24) is 0 Å². The Balaban J connectivity index is 1.90. The summed E-state index contributed by atoms with van der Waals surface area (Å²) in [7, 11) is 1.59. The number of carbonyl (C=O) groups excluding carboxylic acids is 1. The van der Waals surface area contributed by atoms with Crippen LogP contribution in [0.25, 0.3) is 6.08 Å². The van der Waals surface area contributed by atoms with Crippen LogP contribution in [0.3, 0.4) is 0 Å². The van der Waals surface area contributed by atoms with E-state index in [4.69, 9.17) is 21.7 Å². The Kier molecular flexibility index (Phi) is 5.40. The van der Waals surface area contributed by atoms with Crippen molar-refractivity contribution < 1.29 is 14.3 Å². The summed E-state index contributed by atoms with van der Waals surface area (Å²) in [5.41, 5.74) is 1.63. The van der Waals surface area contributed by atoms with E-state index in [0.717, 1.165) is 11.3 Å². The summed E-state index contributed by atoms with van der Waals surface area (Å²) in [4.78, 5) is 14.9. The van der Waals surface area contributed by atoms with Gasteiger partial charge in [-0.2, -0.15) is 0 Å². The smallest absolute Gasteiger partial charge is 0.270 e. The summed E-state index contributed by atoms with van der Waals surface area (Å²) in [6.07, 6.45) is 1.82. The lowest BCUT2D eigenvalue weighted by atomic mass is 10.2. The molecule has 2 aromatic carbocycles. The summed E-state index contributed by atoms with van der Waals surface area (Å²) in [6.45, 7) is 2.48. The molecule has 25 heavy (non-hydrogen) atoms. The van der Waals surface area contributed by atoms with Crippen LogP contribution in [0.15, 0.2) is 53.4 Å². The van der Waals surface area contributed by atoms with Crippen LogP contribution in [-0.2, 0) is 4.79 Å². The summed E-state index contributed by atoms with van der Waals surface area (Å²) in [5, 5.41) is 0. The molecule has 0 N–H and O–H groups in total. The van der Waals surface area contributed by atoms with Crippen molar-refractivity contribution in [2.45, 2.75) is 6.92 Å². The molecule has 0 saturated carbocycles. The third-order valence-electron chi connectivity index (χ3n) is 3.59. The first-order valence-corrected chi connectivity index (χ1v) is 9.00. The Morgan fingerprint density at radius 2 is 1.92 bits per heavy atom. The Labute approximate surface area is 156 Å². The molecule has 1 heterocycles. The molecule has 0 aromatic heterocycles. The molecule has 0 unspecified atom stereocenters. The Morgan fingerprint density at radius 1 is 1.16 bits per heavy atom. The second kappa shape index (κ2) is 7.72. The van der Waals surface area contributed by atoms with E-state index < -0.39 is 0 Å². The van der Waals surface area contributed by atoms with Gasteiger partial charge in [-0.1, -0.05) is 48.2 Å². The minimum atomic E-state index is -0.117. The highest BCUT2D eigenvalue weighted by molar-refractivity contribution is 8.27. The number of ether oxygens (including phenoxy) is 2. The zero-order valence-electron chi connectivity index (χ0n) is 13.9. The van der Waals surface area contributed by atoms with E-state index >= 15 is 0 Å². The Bertz CT molecular complexity index is 834. The van der Waals surface area contributed by atoms with Crippen LogP contribution in [-0.4, -0.2) is 23.9 Å². The molecule has 0 aliphatic carbocycles. The quantitative estimate of drug-likeness (QED) is 0.572. The van der Waals surface area contributed by atoms with E-state index in [9.17, 15) is 4.79 Å². The minimum Gasteiger partial charge on any atom is -0.493 e. The molecule has 1 saturated heterocycles. The highest BCUT2D eigenvalue weighted by Crippen LogP contribution is 2.37. The van der Waals surface area contributed by atoms with Crippen molar-refractivity contribution in [3.05, 3.63) is 59.0 Å². The predicted octanol–water partition coefficient (Wildman–Crippen LogP) is 4.50. The van der Waals surface area contributed by atoms with Crippen molar-refractivity contribution in [3.8, 4) is 11.5 Å². The average Bonchev–Trinajstić information content (AvgIpc) is 2.90. The van der Waals surface area contributed by atoms with Crippen molar-refractivity contribution >= 4 is 46.0 Å². The maximum absolute atomic E-state index is 12.7. The lowest BCUT2D eigenvalue weighted by molar-refractivity contribution is -0.113. The van der Waals surface area contributed by atoms with Gasteiger partial charge in [0.2, 0.25) is 0 Å². The summed E-state index contributed by atoms with van der Waals surface area (Å²) in [6, 6.07) is 15.0. The maximum atomic E-state index is 12.7. The monoisotopic (exact) mass is 371 g/mol. The molecule has 1 fully saturated rings. The second-order valence-electron chi connectivity index (χ2n) is 5.20. The van der Waals surface area contributed by atoms with Crippen LogP contribution in [0, 0.1) is 0 Å². The number of amides is 1. The largest absolute Gasteiger partial charge is 0.493 e. The first kappa shape index (κ1) is 17.5. The van der Waals surface area contributed by atoms with Crippen molar-refractivity contribution in [3.63, 3.8) is 0 Å². The zero-order chi connectivity index (χ0) is 17.8. The molecular weight excluding hydrogens is 354 g/mol. The molecule has 2 aromatic rings. The molecule has 3 rings (SSSR count). The predicted molar refractivity (Wildman–Crippen MR) is 106 cm³/mol. The number of para-hydroxylation sites is 1. The lowest BCUT2D eigenvalue weighted by Crippen LogP contribution is -2.27. The fourth-order valence-corrected chi connectivity index (χ4v) is 3.77. The van der Waals surface area contributed by atoms with E-state index in [-0.39, 0.29) is 5.91 Å². The van der Waals surface area contributed by atoms with Gasteiger partial charge in [0, 0.05) is 0 Å². The highest BCUT2D eigenvalue weighted by Gasteiger charge is 2.33. The van der Waals surface area contributed by atoms with Crippen LogP contribution >= 0.6 is 24.0 Å². The second-order valence-corrected chi connectivity index (χ2v) is 6.87. The van der Waals surface area contributed by atoms with Gasteiger partial charge in [-0.25, -0.2) is 0 Å². The van der Waals surface area contributed by atoms with Gasteiger partial charge in [-0.05, 0) is 42.8 Å². The third-order valence-corrected chi connectivity index (χ3v) is 4.90. The summed E-state index contributed by atoms with van der Waals surface area (Å²) < 4.78 is 11.4. The molecule has 1 aliphatic rings.